The van der Waals surface area contributed by atoms with E-state index in [0.717, 1.165) is 25.7 Å². The SMILES string of the molecule is CCCCCCCCCCCCCCCCCCNC(=O)C(O)C(O)C(CCO)OC1OC(CO)C(O)C(O)C1O. The normalized spacial score (nSPS) is 25.1. The van der Waals surface area contributed by atoms with Gasteiger partial charge in [-0.05, 0) is 12.8 Å². The topological polar surface area (TPSA) is 189 Å². The van der Waals surface area contributed by atoms with Crippen LogP contribution in [0.25, 0.3) is 0 Å². The molecule has 0 bridgehead atoms. The Bertz CT molecular complexity index is 640. The molecule has 1 fully saturated rings. The van der Waals surface area contributed by atoms with E-state index in [1.807, 2.05) is 0 Å². The maximum atomic E-state index is 12.4. The highest BCUT2D eigenvalue weighted by molar-refractivity contribution is 5.81. The molecule has 1 rings (SSSR count). The Balaban J connectivity index is 2.18. The highest BCUT2D eigenvalue weighted by Gasteiger charge is 2.46. The molecular formula is C30H59NO10. The van der Waals surface area contributed by atoms with Crippen molar-refractivity contribution in [3.8, 4) is 0 Å². The van der Waals surface area contributed by atoms with Gasteiger partial charge in [0.05, 0.1) is 12.7 Å². The minimum absolute atomic E-state index is 0.209. The lowest BCUT2D eigenvalue weighted by Crippen LogP contribution is -2.60. The molecule has 1 heterocycles. The molecule has 1 amide bonds. The lowest BCUT2D eigenvalue weighted by atomic mass is 9.98. The van der Waals surface area contributed by atoms with Gasteiger partial charge in [-0.3, -0.25) is 4.79 Å². The average Bonchev–Trinajstić information content (AvgIpc) is 2.97. The molecule has 41 heavy (non-hydrogen) atoms. The standard InChI is InChI=1S/C30H59NO10/c1-2-3-4-5-6-7-8-9-10-11-12-13-14-15-16-17-19-31-29(39)27(37)24(34)22(18-20-32)40-30-28(38)26(36)25(35)23(21-33)41-30/h22-28,30,32-38H,2-21H2,1H3,(H,31,39). The van der Waals surface area contributed by atoms with Crippen LogP contribution in [0.2, 0.25) is 0 Å². The molecule has 11 nitrogen and oxygen atoms in total. The van der Waals surface area contributed by atoms with Crippen molar-refractivity contribution in [3.63, 3.8) is 0 Å². The van der Waals surface area contributed by atoms with Gasteiger partial charge in [0.25, 0.3) is 5.91 Å². The minimum atomic E-state index is -1.86. The quantitative estimate of drug-likeness (QED) is 0.0723. The van der Waals surface area contributed by atoms with E-state index in [1.165, 1.54) is 77.0 Å². The van der Waals surface area contributed by atoms with Crippen LogP contribution in [0.1, 0.15) is 116 Å². The predicted octanol–water partition coefficient (Wildman–Crippen LogP) is 1.65. The summed E-state index contributed by atoms with van der Waals surface area (Å²) in [6, 6.07) is 0. The van der Waals surface area contributed by atoms with E-state index >= 15 is 0 Å². The van der Waals surface area contributed by atoms with Crippen LogP contribution in [0, 0.1) is 0 Å². The van der Waals surface area contributed by atoms with Gasteiger partial charge in [0.15, 0.2) is 12.4 Å². The van der Waals surface area contributed by atoms with Crippen molar-refractivity contribution < 1.29 is 50.0 Å². The second-order valence-corrected chi connectivity index (χ2v) is 11.4. The van der Waals surface area contributed by atoms with Crippen molar-refractivity contribution in [2.75, 3.05) is 19.8 Å². The zero-order valence-corrected chi connectivity index (χ0v) is 25.1. The molecule has 0 saturated carbocycles. The molecule has 8 unspecified atom stereocenters. The summed E-state index contributed by atoms with van der Waals surface area (Å²) in [6.07, 6.45) is 6.94. The Morgan fingerprint density at radius 1 is 0.756 bits per heavy atom. The Labute approximate surface area is 246 Å². The molecule has 244 valence electrons. The van der Waals surface area contributed by atoms with Gasteiger partial charge in [0.2, 0.25) is 0 Å². The molecule has 8 atom stereocenters. The van der Waals surface area contributed by atoms with Crippen LogP contribution in [0.3, 0.4) is 0 Å². The second kappa shape index (κ2) is 23.6. The van der Waals surface area contributed by atoms with Crippen molar-refractivity contribution in [2.24, 2.45) is 0 Å². The number of unbranched alkanes of at least 4 members (excludes halogenated alkanes) is 15. The van der Waals surface area contributed by atoms with E-state index in [2.05, 4.69) is 12.2 Å². The van der Waals surface area contributed by atoms with E-state index in [0.29, 0.717) is 6.54 Å². The van der Waals surface area contributed by atoms with Crippen LogP contribution in [0.5, 0.6) is 0 Å². The average molecular weight is 594 g/mol. The third kappa shape index (κ3) is 15.4. The van der Waals surface area contributed by atoms with Crippen LogP contribution in [-0.4, -0.2) is 110 Å². The molecule has 0 aliphatic carbocycles. The summed E-state index contributed by atoms with van der Waals surface area (Å²) in [5.41, 5.74) is 0. The predicted molar refractivity (Wildman–Crippen MR) is 155 cm³/mol. The molecule has 1 aliphatic heterocycles. The first-order valence-corrected chi connectivity index (χ1v) is 16.0. The largest absolute Gasteiger partial charge is 0.396 e. The molecule has 8 N–H and O–H groups in total. The third-order valence-corrected chi connectivity index (χ3v) is 7.87. The second-order valence-electron chi connectivity index (χ2n) is 11.4. The number of rotatable bonds is 25. The monoisotopic (exact) mass is 593 g/mol. The van der Waals surface area contributed by atoms with Gasteiger partial charge in [-0.1, -0.05) is 103 Å². The van der Waals surface area contributed by atoms with E-state index in [-0.39, 0.29) is 6.42 Å². The highest BCUT2D eigenvalue weighted by Crippen LogP contribution is 2.25. The number of aliphatic hydroxyl groups excluding tert-OH is 7. The molecular weight excluding hydrogens is 534 g/mol. The number of hydrogen-bond donors (Lipinski definition) is 8. The van der Waals surface area contributed by atoms with Crippen molar-refractivity contribution in [1.82, 2.24) is 5.32 Å². The van der Waals surface area contributed by atoms with Gasteiger partial charge < -0.3 is 50.5 Å². The van der Waals surface area contributed by atoms with Gasteiger partial charge >= 0.3 is 0 Å². The number of hydrogen-bond acceptors (Lipinski definition) is 10. The van der Waals surface area contributed by atoms with E-state index in [4.69, 9.17) is 9.47 Å². The number of nitrogens with one attached hydrogen (secondary N) is 1. The number of ether oxygens (including phenoxy) is 2. The van der Waals surface area contributed by atoms with Crippen molar-refractivity contribution in [1.29, 1.82) is 0 Å². The Kier molecular flexibility index (Phi) is 21.9. The van der Waals surface area contributed by atoms with Crippen LogP contribution in [-0.2, 0) is 14.3 Å². The first kappa shape index (κ1) is 38.1. The molecule has 0 aromatic heterocycles. The summed E-state index contributed by atoms with van der Waals surface area (Å²) in [6.45, 7) is 1.46. The van der Waals surface area contributed by atoms with Gasteiger partial charge in [0, 0.05) is 13.2 Å². The van der Waals surface area contributed by atoms with E-state index in [9.17, 15) is 40.5 Å². The van der Waals surface area contributed by atoms with Crippen molar-refractivity contribution in [3.05, 3.63) is 0 Å². The molecule has 11 heteroatoms. The van der Waals surface area contributed by atoms with Crippen molar-refractivity contribution in [2.45, 2.75) is 165 Å². The number of aliphatic hydroxyl groups is 7. The fourth-order valence-electron chi connectivity index (χ4n) is 5.15. The van der Waals surface area contributed by atoms with Gasteiger partial charge in [-0.25, -0.2) is 0 Å². The van der Waals surface area contributed by atoms with Gasteiger partial charge in [-0.2, -0.15) is 0 Å². The summed E-state index contributed by atoms with van der Waals surface area (Å²) in [4.78, 5) is 12.4. The van der Waals surface area contributed by atoms with E-state index < -0.39 is 68.1 Å². The first-order chi connectivity index (χ1) is 19.8. The maximum absolute atomic E-state index is 12.4. The molecule has 1 saturated heterocycles. The zero-order chi connectivity index (χ0) is 30.5. The molecule has 0 aromatic rings. The number of carbonyl (C=O) groups excluding carboxylic acids is 1. The van der Waals surface area contributed by atoms with E-state index in [1.54, 1.807) is 0 Å². The van der Waals surface area contributed by atoms with Crippen molar-refractivity contribution >= 4 is 5.91 Å². The molecule has 0 spiro atoms. The smallest absolute Gasteiger partial charge is 0.251 e. The third-order valence-electron chi connectivity index (χ3n) is 7.87. The summed E-state index contributed by atoms with van der Waals surface area (Å²) in [7, 11) is 0. The Morgan fingerprint density at radius 3 is 1.71 bits per heavy atom. The number of amides is 1. The summed E-state index contributed by atoms with van der Waals surface area (Å²) in [5, 5.41) is 72.1. The highest BCUT2D eigenvalue weighted by atomic mass is 16.7. The number of carbonyl (C=O) groups is 1. The van der Waals surface area contributed by atoms with Crippen LogP contribution < -0.4 is 5.32 Å². The Morgan fingerprint density at radius 2 is 1.24 bits per heavy atom. The molecule has 0 aromatic carbocycles. The lowest BCUT2D eigenvalue weighted by molar-refractivity contribution is -0.319. The fraction of sp³-hybridized carbons (Fsp3) is 0.967. The van der Waals surface area contributed by atoms with Crippen LogP contribution >= 0.6 is 0 Å². The fourth-order valence-corrected chi connectivity index (χ4v) is 5.15. The van der Waals surface area contributed by atoms with Crippen LogP contribution in [0.15, 0.2) is 0 Å². The Hall–Kier alpha value is -0.890. The summed E-state index contributed by atoms with van der Waals surface area (Å²) in [5.74, 6) is -0.793. The zero-order valence-electron chi connectivity index (χ0n) is 25.1. The maximum Gasteiger partial charge on any atom is 0.251 e. The van der Waals surface area contributed by atoms with Crippen LogP contribution in [0.4, 0.5) is 0 Å². The molecule has 1 aliphatic rings. The minimum Gasteiger partial charge on any atom is -0.396 e. The first-order valence-electron chi connectivity index (χ1n) is 16.0. The summed E-state index contributed by atoms with van der Waals surface area (Å²) >= 11 is 0. The summed E-state index contributed by atoms with van der Waals surface area (Å²) < 4.78 is 10.7. The van der Waals surface area contributed by atoms with Gasteiger partial charge in [-0.15, -0.1) is 0 Å². The molecule has 0 radical (unpaired) electrons. The van der Waals surface area contributed by atoms with Gasteiger partial charge in [0.1, 0.15) is 30.5 Å². The lowest BCUT2D eigenvalue weighted by Gasteiger charge is -2.41.